The van der Waals surface area contributed by atoms with Crippen LogP contribution in [0, 0.1) is 0 Å². The number of thiazole rings is 1. The van der Waals surface area contributed by atoms with Crippen LogP contribution in [0.25, 0.3) is 10.2 Å². The summed E-state index contributed by atoms with van der Waals surface area (Å²) in [6.07, 6.45) is 0. The van der Waals surface area contributed by atoms with Crippen LogP contribution in [-0.4, -0.2) is 69.3 Å². The number of hydrogen-bond acceptors (Lipinski definition) is 7. The van der Waals surface area contributed by atoms with E-state index < -0.39 is 0 Å². The molecule has 0 saturated carbocycles. The number of methoxy groups -OCH3 is 2. The highest BCUT2D eigenvalue weighted by molar-refractivity contribution is 7.22. The predicted molar refractivity (Wildman–Crippen MR) is 125 cm³/mol. The number of ether oxygens (including phenoxy) is 2. The number of rotatable bonds is 7. The molecule has 0 spiro atoms. The Kier molecular flexibility index (Phi) is 6.80. The van der Waals surface area contributed by atoms with Gasteiger partial charge in [0, 0.05) is 50.9 Å². The van der Waals surface area contributed by atoms with Gasteiger partial charge in [0.25, 0.3) is 5.91 Å². The number of nitrogens with zero attached hydrogens (tertiary/aromatic N) is 3. The van der Waals surface area contributed by atoms with Crippen LogP contribution >= 0.6 is 22.9 Å². The van der Waals surface area contributed by atoms with Crippen molar-refractivity contribution < 1.29 is 14.3 Å². The summed E-state index contributed by atoms with van der Waals surface area (Å²) in [5.41, 5.74) is 1.40. The first-order valence-corrected chi connectivity index (χ1v) is 11.3. The number of benzene rings is 2. The molecule has 2 aromatic carbocycles. The molecule has 1 N–H and O–H groups in total. The molecule has 31 heavy (non-hydrogen) atoms. The van der Waals surface area contributed by atoms with Crippen molar-refractivity contribution in [2.75, 3.05) is 58.4 Å². The van der Waals surface area contributed by atoms with Crippen molar-refractivity contribution >= 4 is 44.2 Å². The lowest BCUT2D eigenvalue weighted by Crippen LogP contribution is -2.48. The van der Waals surface area contributed by atoms with Crippen LogP contribution in [0.2, 0.25) is 5.02 Å². The largest absolute Gasteiger partial charge is 0.497 e. The second-order valence-electron chi connectivity index (χ2n) is 7.27. The van der Waals surface area contributed by atoms with Crippen molar-refractivity contribution in [1.29, 1.82) is 0 Å². The summed E-state index contributed by atoms with van der Waals surface area (Å²) in [6.45, 7) is 5.03. The molecule has 1 fully saturated rings. The lowest BCUT2D eigenvalue weighted by atomic mass is 10.2. The third-order valence-electron chi connectivity index (χ3n) is 5.33. The molecular weight excluding hydrogens is 436 g/mol. The van der Waals surface area contributed by atoms with Crippen LogP contribution in [0.4, 0.5) is 5.13 Å². The normalized spacial score (nSPS) is 14.6. The Morgan fingerprint density at radius 3 is 2.48 bits per heavy atom. The Labute approximate surface area is 190 Å². The van der Waals surface area contributed by atoms with Crippen LogP contribution in [0.15, 0.2) is 36.4 Å². The molecule has 4 rings (SSSR count). The number of para-hydroxylation sites is 1. The first kappa shape index (κ1) is 21.7. The van der Waals surface area contributed by atoms with Gasteiger partial charge in [-0.3, -0.25) is 9.69 Å². The number of carbonyl (C=O) groups excluding carboxylic acids is 1. The molecule has 0 aliphatic carbocycles. The first-order valence-electron chi connectivity index (χ1n) is 10.1. The molecule has 3 aromatic rings. The van der Waals surface area contributed by atoms with Crippen molar-refractivity contribution in [3.63, 3.8) is 0 Å². The zero-order chi connectivity index (χ0) is 21.8. The second-order valence-corrected chi connectivity index (χ2v) is 8.69. The number of aromatic nitrogens is 1. The van der Waals surface area contributed by atoms with Crippen molar-refractivity contribution in [3.05, 3.63) is 47.0 Å². The van der Waals surface area contributed by atoms with Gasteiger partial charge in [-0.05, 0) is 24.3 Å². The minimum Gasteiger partial charge on any atom is -0.497 e. The quantitative estimate of drug-likeness (QED) is 0.582. The smallest absolute Gasteiger partial charge is 0.251 e. The molecular formula is C22H25ClN4O3S. The fraction of sp³-hybridized carbons (Fsp3) is 0.364. The zero-order valence-electron chi connectivity index (χ0n) is 17.6. The lowest BCUT2D eigenvalue weighted by molar-refractivity contribution is 0.0947. The standard InChI is InChI=1S/C22H25ClN4O3S/c1-29-16-12-15(13-17(14-16)30-2)21(28)24-6-7-26-8-10-27(11-9-26)22-25-20-18(23)4-3-5-19(20)31-22/h3-5,12-14H,6-11H2,1-2H3,(H,24,28). The van der Waals surface area contributed by atoms with E-state index in [1.54, 1.807) is 43.8 Å². The SMILES string of the molecule is COc1cc(OC)cc(C(=O)NCCN2CCN(c3nc4c(Cl)cccc4s3)CC2)c1. The number of fused-ring (bicyclic) bond motifs is 1. The van der Waals surface area contributed by atoms with Gasteiger partial charge >= 0.3 is 0 Å². The molecule has 0 unspecified atom stereocenters. The number of amides is 1. The minimum absolute atomic E-state index is 0.137. The van der Waals surface area contributed by atoms with Gasteiger partial charge in [-0.2, -0.15) is 0 Å². The molecule has 1 saturated heterocycles. The van der Waals surface area contributed by atoms with Crippen molar-refractivity contribution in [1.82, 2.24) is 15.2 Å². The average Bonchev–Trinajstić information content (AvgIpc) is 3.25. The molecule has 9 heteroatoms. The van der Waals surface area contributed by atoms with Crippen LogP contribution in [0.3, 0.4) is 0 Å². The monoisotopic (exact) mass is 460 g/mol. The van der Waals surface area contributed by atoms with E-state index in [1.807, 2.05) is 12.1 Å². The highest BCUT2D eigenvalue weighted by atomic mass is 35.5. The maximum absolute atomic E-state index is 12.5. The molecule has 7 nitrogen and oxygen atoms in total. The van der Waals surface area contributed by atoms with Crippen molar-refractivity contribution in [3.8, 4) is 11.5 Å². The highest BCUT2D eigenvalue weighted by Gasteiger charge is 2.20. The summed E-state index contributed by atoms with van der Waals surface area (Å²) in [4.78, 5) is 21.9. The van der Waals surface area contributed by atoms with E-state index in [0.29, 0.717) is 28.6 Å². The van der Waals surface area contributed by atoms with Crippen molar-refractivity contribution in [2.24, 2.45) is 0 Å². The Bertz CT molecular complexity index is 1040. The molecule has 1 aliphatic rings. The Morgan fingerprint density at radius 2 is 1.84 bits per heavy atom. The van der Waals surface area contributed by atoms with E-state index in [9.17, 15) is 4.79 Å². The zero-order valence-corrected chi connectivity index (χ0v) is 19.1. The highest BCUT2D eigenvalue weighted by Crippen LogP contribution is 2.33. The molecule has 0 atom stereocenters. The first-order chi connectivity index (χ1) is 15.1. The van der Waals surface area contributed by atoms with Gasteiger partial charge in [0.05, 0.1) is 23.9 Å². The van der Waals surface area contributed by atoms with Gasteiger partial charge in [-0.15, -0.1) is 0 Å². The minimum atomic E-state index is -0.137. The molecule has 0 bridgehead atoms. The lowest BCUT2D eigenvalue weighted by Gasteiger charge is -2.34. The van der Waals surface area contributed by atoms with E-state index in [1.165, 1.54) is 0 Å². The van der Waals surface area contributed by atoms with Crippen LogP contribution in [0.1, 0.15) is 10.4 Å². The number of carbonyl (C=O) groups is 1. The van der Waals surface area contributed by atoms with Gasteiger partial charge in [-0.1, -0.05) is 29.0 Å². The molecule has 2 heterocycles. The summed E-state index contributed by atoms with van der Waals surface area (Å²) < 4.78 is 11.6. The number of nitrogens with one attached hydrogen (secondary N) is 1. The Balaban J connectivity index is 1.27. The van der Waals surface area contributed by atoms with E-state index >= 15 is 0 Å². The summed E-state index contributed by atoms with van der Waals surface area (Å²) in [5, 5.41) is 4.70. The number of hydrogen-bond donors (Lipinski definition) is 1. The maximum atomic E-state index is 12.5. The molecule has 1 aromatic heterocycles. The Hall–Kier alpha value is -2.55. The fourth-order valence-electron chi connectivity index (χ4n) is 3.57. The van der Waals surface area contributed by atoms with E-state index in [0.717, 1.165) is 48.1 Å². The van der Waals surface area contributed by atoms with Gasteiger partial charge in [-0.25, -0.2) is 4.98 Å². The fourth-order valence-corrected chi connectivity index (χ4v) is 4.89. The van der Waals surface area contributed by atoms with Gasteiger partial charge < -0.3 is 19.7 Å². The molecule has 164 valence electrons. The molecule has 1 aliphatic heterocycles. The summed E-state index contributed by atoms with van der Waals surface area (Å²) in [6, 6.07) is 11.1. The van der Waals surface area contributed by atoms with Gasteiger partial charge in [0.1, 0.15) is 17.0 Å². The topological polar surface area (TPSA) is 66.9 Å². The molecule has 0 radical (unpaired) electrons. The second kappa shape index (κ2) is 9.72. The number of halogens is 1. The van der Waals surface area contributed by atoms with Crippen LogP contribution in [-0.2, 0) is 0 Å². The number of piperazine rings is 1. The maximum Gasteiger partial charge on any atom is 0.251 e. The summed E-state index contributed by atoms with van der Waals surface area (Å²) in [7, 11) is 3.14. The van der Waals surface area contributed by atoms with Crippen molar-refractivity contribution in [2.45, 2.75) is 0 Å². The Morgan fingerprint density at radius 1 is 1.13 bits per heavy atom. The van der Waals surface area contributed by atoms with Crippen LogP contribution < -0.4 is 19.7 Å². The van der Waals surface area contributed by atoms with Crippen LogP contribution in [0.5, 0.6) is 11.5 Å². The van der Waals surface area contributed by atoms with Gasteiger partial charge in [0.2, 0.25) is 0 Å². The summed E-state index contributed by atoms with van der Waals surface area (Å²) >= 11 is 7.94. The van der Waals surface area contributed by atoms with Gasteiger partial charge in [0.15, 0.2) is 5.13 Å². The van der Waals surface area contributed by atoms with E-state index in [-0.39, 0.29) is 5.91 Å². The predicted octanol–water partition coefficient (Wildman–Crippen LogP) is 3.52. The third kappa shape index (κ3) is 5.03. The van der Waals surface area contributed by atoms with E-state index in [2.05, 4.69) is 21.2 Å². The summed E-state index contributed by atoms with van der Waals surface area (Å²) in [5.74, 6) is 1.05. The third-order valence-corrected chi connectivity index (χ3v) is 6.71. The number of anilines is 1. The average molecular weight is 461 g/mol. The molecule has 1 amide bonds. The van der Waals surface area contributed by atoms with E-state index in [4.69, 9.17) is 26.1 Å².